The maximum Gasteiger partial charge on any atom is 0.421 e. The Bertz CT molecular complexity index is 392. The summed E-state index contributed by atoms with van der Waals surface area (Å²) >= 11 is 0. The summed E-state index contributed by atoms with van der Waals surface area (Å²) in [4.78, 5) is 33.5. The van der Waals surface area contributed by atoms with Gasteiger partial charge in [-0.15, -0.1) is 0 Å². The average molecular weight is 365 g/mol. The highest BCUT2D eigenvalue weighted by Crippen LogP contribution is 2.39. The van der Waals surface area contributed by atoms with Crippen molar-refractivity contribution < 1.29 is 23.9 Å². The van der Waals surface area contributed by atoms with Crippen molar-refractivity contribution in [3.05, 3.63) is 0 Å². The smallest absolute Gasteiger partial charge is 0.421 e. The second-order valence-corrected chi connectivity index (χ2v) is 7.65. The van der Waals surface area contributed by atoms with Gasteiger partial charge in [-0.05, 0) is 19.3 Å². The fraction of sp³-hybridized carbons (Fsp3) is 0.769. The molecule has 10 heteroatoms. The summed E-state index contributed by atoms with van der Waals surface area (Å²) in [6.07, 6.45) is 3.71. The molecule has 1 rings (SSSR count). The Kier molecular flexibility index (Phi) is 10.7. The zero-order valence-corrected chi connectivity index (χ0v) is 14.5. The Morgan fingerprint density at radius 1 is 1.22 bits per heavy atom. The van der Waals surface area contributed by atoms with Crippen molar-refractivity contribution in [2.24, 2.45) is 5.84 Å². The molecule has 0 aliphatic carbocycles. The highest BCUT2D eigenvalue weighted by molar-refractivity contribution is 8.77. The van der Waals surface area contributed by atoms with Crippen LogP contribution in [0.15, 0.2) is 0 Å². The molecular formula is C13H23N3O5S2. The maximum absolute atomic E-state index is 11.5. The lowest BCUT2D eigenvalue weighted by molar-refractivity contribution is -0.148. The summed E-state index contributed by atoms with van der Waals surface area (Å²) in [5, 5.41) is 3.17. The molecule has 0 radical (unpaired) electrons. The second kappa shape index (κ2) is 12.3. The number of esters is 1. The molecule has 1 unspecified atom stereocenters. The first-order valence-electron chi connectivity index (χ1n) is 7.45. The maximum atomic E-state index is 11.5. The molecule has 4 N–H and O–H groups in total. The van der Waals surface area contributed by atoms with E-state index in [0.29, 0.717) is 11.7 Å². The van der Waals surface area contributed by atoms with Gasteiger partial charge in [0.1, 0.15) is 6.61 Å². The SMILES string of the molecule is NNC(=O)OCCNC(=O)COC(=O)CCCCC1CCSS1. The fourth-order valence-corrected chi connectivity index (χ4v) is 4.88. The minimum absolute atomic E-state index is 0.0137. The first kappa shape index (κ1) is 19.9. The number of carbonyl (C=O) groups excluding carboxylic acids is 3. The molecule has 1 aliphatic rings. The molecule has 0 saturated carbocycles. The van der Waals surface area contributed by atoms with Gasteiger partial charge in [-0.25, -0.2) is 10.6 Å². The predicted molar refractivity (Wildman–Crippen MR) is 89.6 cm³/mol. The van der Waals surface area contributed by atoms with Crippen molar-refractivity contribution in [2.75, 3.05) is 25.5 Å². The Morgan fingerprint density at radius 3 is 2.74 bits per heavy atom. The van der Waals surface area contributed by atoms with Crippen molar-refractivity contribution in [1.29, 1.82) is 0 Å². The lowest BCUT2D eigenvalue weighted by atomic mass is 10.1. The lowest BCUT2D eigenvalue weighted by Gasteiger charge is -2.08. The number of hydrogen-bond acceptors (Lipinski definition) is 8. The monoisotopic (exact) mass is 365 g/mol. The molecule has 8 nitrogen and oxygen atoms in total. The molecule has 1 atom stereocenters. The Balaban J connectivity index is 1.93. The third kappa shape index (κ3) is 10.3. The molecular weight excluding hydrogens is 342 g/mol. The fourth-order valence-electron chi connectivity index (χ4n) is 1.85. The van der Waals surface area contributed by atoms with Gasteiger partial charge < -0.3 is 14.8 Å². The van der Waals surface area contributed by atoms with Gasteiger partial charge in [-0.2, -0.15) is 0 Å². The summed E-state index contributed by atoms with van der Waals surface area (Å²) in [5.74, 6) is 5.22. The number of ether oxygens (including phenoxy) is 2. The molecule has 2 amide bonds. The van der Waals surface area contributed by atoms with E-state index in [2.05, 4.69) is 10.1 Å². The summed E-state index contributed by atoms with van der Waals surface area (Å²) in [7, 11) is 3.85. The molecule has 1 fully saturated rings. The van der Waals surface area contributed by atoms with Crippen molar-refractivity contribution in [1.82, 2.24) is 10.7 Å². The average Bonchev–Trinajstić information content (AvgIpc) is 3.06. The molecule has 0 aromatic carbocycles. The van der Waals surface area contributed by atoms with Crippen LogP contribution in [0.2, 0.25) is 0 Å². The van der Waals surface area contributed by atoms with Crippen LogP contribution in [0.5, 0.6) is 0 Å². The number of amides is 2. The number of hydrazine groups is 1. The van der Waals surface area contributed by atoms with Crippen LogP contribution in [0.25, 0.3) is 0 Å². The number of carbonyl (C=O) groups is 3. The number of nitrogens with two attached hydrogens (primary N) is 1. The normalized spacial score (nSPS) is 16.7. The molecule has 23 heavy (non-hydrogen) atoms. The lowest BCUT2D eigenvalue weighted by Crippen LogP contribution is -2.35. The predicted octanol–water partition coefficient (Wildman–Crippen LogP) is 0.960. The van der Waals surface area contributed by atoms with E-state index in [-0.39, 0.29) is 25.7 Å². The van der Waals surface area contributed by atoms with E-state index in [9.17, 15) is 14.4 Å². The molecule has 0 bridgehead atoms. The highest BCUT2D eigenvalue weighted by Gasteiger charge is 2.16. The van der Waals surface area contributed by atoms with Gasteiger partial charge in [0, 0.05) is 17.4 Å². The number of nitrogens with one attached hydrogen (secondary N) is 2. The number of hydrogen-bond donors (Lipinski definition) is 3. The van der Waals surface area contributed by atoms with Crippen molar-refractivity contribution in [3.8, 4) is 0 Å². The minimum atomic E-state index is -0.778. The molecule has 0 aromatic rings. The van der Waals surface area contributed by atoms with Crippen LogP contribution in [0.3, 0.4) is 0 Å². The highest BCUT2D eigenvalue weighted by atomic mass is 33.1. The van der Waals surface area contributed by atoms with E-state index in [1.807, 2.05) is 21.6 Å². The third-order valence-corrected chi connectivity index (χ3v) is 6.03. The van der Waals surface area contributed by atoms with Gasteiger partial charge in [0.15, 0.2) is 6.61 Å². The Morgan fingerprint density at radius 2 is 2.04 bits per heavy atom. The summed E-state index contributed by atoms with van der Waals surface area (Å²) < 4.78 is 9.45. The minimum Gasteiger partial charge on any atom is -0.456 e. The summed E-state index contributed by atoms with van der Waals surface area (Å²) in [6.45, 7) is -0.210. The largest absolute Gasteiger partial charge is 0.456 e. The van der Waals surface area contributed by atoms with Gasteiger partial charge in [-0.3, -0.25) is 15.0 Å². The van der Waals surface area contributed by atoms with Crippen LogP contribution in [0.4, 0.5) is 4.79 Å². The zero-order chi connectivity index (χ0) is 16.9. The van der Waals surface area contributed by atoms with E-state index in [0.717, 1.165) is 19.3 Å². The van der Waals surface area contributed by atoms with Gasteiger partial charge in [0.05, 0.1) is 6.54 Å². The molecule has 1 saturated heterocycles. The Hall–Kier alpha value is -1.13. The first-order valence-corrected chi connectivity index (χ1v) is 9.84. The summed E-state index contributed by atoms with van der Waals surface area (Å²) in [6, 6.07) is 0. The summed E-state index contributed by atoms with van der Waals surface area (Å²) in [5.41, 5.74) is 1.79. The van der Waals surface area contributed by atoms with E-state index >= 15 is 0 Å². The second-order valence-electron chi connectivity index (χ2n) is 4.87. The van der Waals surface area contributed by atoms with Crippen molar-refractivity contribution in [3.63, 3.8) is 0 Å². The first-order chi connectivity index (χ1) is 11.1. The van der Waals surface area contributed by atoms with Gasteiger partial charge in [0.25, 0.3) is 5.91 Å². The molecule has 0 spiro atoms. The van der Waals surface area contributed by atoms with Crippen LogP contribution in [-0.4, -0.2) is 48.7 Å². The van der Waals surface area contributed by atoms with Crippen molar-refractivity contribution in [2.45, 2.75) is 37.4 Å². The quantitative estimate of drug-likeness (QED) is 0.131. The van der Waals surface area contributed by atoms with Gasteiger partial charge in [-0.1, -0.05) is 28.0 Å². The molecule has 0 aromatic heterocycles. The zero-order valence-electron chi connectivity index (χ0n) is 12.9. The van der Waals surface area contributed by atoms with E-state index < -0.39 is 12.0 Å². The number of rotatable bonds is 10. The molecule has 132 valence electrons. The van der Waals surface area contributed by atoms with Crippen LogP contribution >= 0.6 is 21.6 Å². The van der Waals surface area contributed by atoms with Crippen LogP contribution < -0.4 is 16.6 Å². The Labute approximate surface area is 143 Å². The molecule has 1 aliphatic heterocycles. The van der Waals surface area contributed by atoms with Crippen LogP contribution in [-0.2, 0) is 19.1 Å². The van der Waals surface area contributed by atoms with Crippen molar-refractivity contribution >= 4 is 39.6 Å². The van der Waals surface area contributed by atoms with E-state index in [1.165, 1.54) is 12.2 Å². The van der Waals surface area contributed by atoms with E-state index in [1.54, 1.807) is 5.43 Å². The third-order valence-electron chi connectivity index (χ3n) is 3.02. The molecule has 1 heterocycles. The van der Waals surface area contributed by atoms with Crippen LogP contribution in [0.1, 0.15) is 32.1 Å². The van der Waals surface area contributed by atoms with Gasteiger partial charge in [0.2, 0.25) is 0 Å². The van der Waals surface area contributed by atoms with E-state index in [4.69, 9.17) is 10.6 Å². The topological polar surface area (TPSA) is 120 Å². The number of unbranched alkanes of at least 4 members (excludes halogenated alkanes) is 1. The standard InChI is InChI=1S/C13H23N3O5S2/c14-16-13(19)20-7-6-15-11(17)9-21-12(18)4-2-1-3-10-5-8-22-23-10/h10H,1-9,14H2,(H,15,17)(H,16,19). The van der Waals surface area contributed by atoms with Crippen LogP contribution in [0, 0.1) is 0 Å². The van der Waals surface area contributed by atoms with Gasteiger partial charge >= 0.3 is 12.1 Å².